The molecular formula is C38H54N6. The van der Waals surface area contributed by atoms with Gasteiger partial charge in [-0.3, -0.25) is 0 Å². The molecule has 0 saturated carbocycles. The van der Waals surface area contributed by atoms with Crippen LogP contribution in [-0.2, 0) is 0 Å². The van der Waals surface area contributed by atoms with Crippen LogP contribution in [0.25, 0.3) is 0 Å². The van der Waals surface area contributed by atoms with Crippen molar-refractivity contribution in [3.8, 4) is 0 Å². The number of hydrogen-bond donors (Lipinski definition) is 2. The molecule has 3 aromatic carbocycles. The second-order valence-electron chi connectivity index (χ2n) is 12.6. The van der Waals surface area contributed by atoms with Gasteiger partial charge >= 0.3 is 0 Å². The van der Waals surface area contributed by atoms with E-state index < -0.39 is 0 Å². The molecule has 1 unspecified atom stereocenters. The Morgan fingerprint density at radius 2 is 1.07 bits per heavy atom. The maximum Gasteiger partial charge on any atom is 0.0482 e. The first-order valence-electron chi connectivity index (χ1n) is 16.3. The zero-order valence-corrected chi connectivity index (χ0v) is 27.8. The van der Waals surface area contributed by atoms with E-state index in [0.717, 1.165) is 57.1 Å². The fourth-order valence-corrected chi connectivity index (χ4v) is 5.57. The molecule has 0 amide bonds. The Balaban J connectivity index is 1.20. The molecule has 4 rings (SSSR count). The van der Waals surface area contributed by atoms with Crippen molar-refractivity contribution in [3.63, 3.8) is 0 Å². The second kappa shape index (κ2) is 16.9. The SMILES string of the molecule is CC(C)N(CCN(C)CCN(C)CCN(c1ccc(NC2C=CC=CC2)cc1)C(C)C)c1ccc(Nc2ccccc2)cc1. The summed E-state index contributed by atoms with van der Waals surface area (Å²) in [7, 11) is 4.49. The van der Waals surface area contributed by atoms with Crippen LogP contribution in [0.2, 0.25) is 0 Å². The van der Waals surface area contributed by atoms with Crippen molar-refractivity contribution in [1.29, 1.82) is 0 Å². The van der Waals surface area contributed by atoms with Gasteiger partial charge in [-0.05, 0) is 109 Å². The van der Waals surface area contributed by atoms with E-state index in [4.69, 9.17) is 0 Å². The molecule has 0 aromatic heterocycles. The predicted octanol–water partition coefficient (Wildman–Crippen LogP) is 7.72. The molecule has 0 fully saturated rings. The first kappa shape index (κ1) is 33.2. The van der Waals surface area contributed by atoms with Gasteiger partial charge in [0.1, 0.15) is 0 Å². The van der Waals surface area contributed by atoms with E-state index in [9.17, 15) is 0 Å². The third-order valence-electron chi connectivity index (χ3n) is 8.35. The summed E-state index contributed by atoms with van der Waals surface area (Å²) in [5.74, 6) is 0. The highest BCUT2D eigenvalue weighted by Crippen LogP contribution is 2.23. The predicted molar refractivity (Wildman–Crippen MR) is 193 cm³/mol. The molecule has 0 saturated heterocycles. The maximum absolute atomic E-state index is 3.62. The van der Waals surface area contributed by atoms with E-state index >= 15 is 0 Å². The number of para-hydroxylation sites is 1. The normalized spacial score (nSPS) is 14.5. The first-order valence-corrected chi connectivity index (χ1v) is 16.3. The highest BCUT2D eigenvalue weighted by molar-refractivity contribution is 5.63. The van der Waals surface area contributed by atoms with E-state index in [-0.39, 0.29) is 0 Å². The van der Waals surface area contributed by atoms with Crippen molar-refractivity contribution in [2.75, 3.05) is 73.8 Å². The Morgan fingerprint density at radius 1 is 0.591 bits per heavy atom. The van der Waals surface area contributed by atoms with Gasteiger partial charge in [-0.2, -0.15) is 0 Å². The van der Waals surface area contributed by atoms with Crippen LogP contribution in [0.5, 0.6) is 0 Å². The zero-order valence-electron chi connectivity index (χ0n) is 27.8. The van der Waals surface area contributed by atoms with Gasteiger partial charge in [0, 0.05) is 85.8 Å². The molecule has 0 heterocycles. The van der Waals surface area contributed by atoms with Crippen LogP contribution >= 0.6 is 0 Å². The highest BCUT2D eigenvalue weighted by Gasteiger charge is 2.14. The van der Waals surface area contributed by atoms with Crippen molar-refractivity contribution in [1.82, 2.24) is 9.80 Å². The molecule has 0 radical (unpaired) electrons. The standard InChI is InChI=1S/C38H54N6/c1-31(2)43(37-21-17-35(18-22-37)39-33-13-9-7-10-14-33)29-27-41(5)25-26-42(6)28-30-44(32(3)4)38-23-19-36(20-24-38)40-34-15-11-8-12-16-34/h7-15,17-24,31-32,34,39-40H,16,25-30H2,1-6H3. The van der Waals surface area contributed by atoms with Crippen LogP contribution < -0.4 is 20.4 Å². The summed E-state index contributed by atoms with van der Waals surface area (Å²) in [5.41, 5.74) is 5.95. The van der Waals surface area contributed by atoms with Gasteiger partial charge in [0.15, 0.2) is 0 Å². The quantitative estimate of drug-likeness (QED) is 0.167. The number of likely N-dealkylation sites (N-methyl/N-ethyl adjacent to an activating group) is 2. The number of anilines is 5. The van der Waals surface area contributed by atoms with E-state index in [1.54, 1.807) is 0 Å². The van der Waals surface area contributed by atoms with Crippen LogP contribution in [0.4, 0.5) is 28.4 Å². The minimum Gasteiger partial charge on any atom is -0.379 e. The Morgan fingerprint density at radius 3 is 1.55 bits per heavy atom. The van der Waals surface area contributed by atoms with Crippen molar-refractivity contribution in [2.45, 2.75) is 52.2 Å². The summed E-state index contributed by atoms with van der Waals surface area (Å²) in [4.78, 5) is 9.93. The largest absolute Gasteiger partial charge is 0.379 e. The minimum atomic E-state index is 0.376. The fraction of sp³-hybridized carbons (Fsp3) is 0.421. The molecular weight excluding hydrogens is 540 g/mol. The van der Waals surface area contributed by atoms with Gasteiger partial charge < -0.3 is 30.2 Å². The second-order valence-corrected chi connectivity index (χ2v) is 12.6. The molecule has 236 valence electrons. The Hall–Kier alpha value is -3.74. The number of hydrogen-bond acceptors (Lipinski definition) is 6. The van der Waals surface area contributed by atoms with E-state index in [1.807, 2.05) is 6.07 Å². The summed E-state index contributed by atoms with van der Waals surface area (Å²) in [5, 5.41) is 7.11. The first-order chi connectivity index (χ1) is 21.3. The highest BCUT2D eigenvalue weighted by atomic mass is 15.2. The molecule has 2 N–H and O–H groups in total. The van der Waals surface area contributed by atoms with Crippen LogP contribution in [-0.4, -0.2) is 81.3 Å². The lowest BCUT2D eigenvalue weighted by Gasteiger charge is -2.33. The topological polar surface area (TPSA) is 37.0 Å². The molecule has 1 aliphatic rings. The van der Waals surface area contributed by atoms with Crippen molar-refractivity contribution < 1.29 is 0 Å². The average Bonchev–Trinajstić information content (AvgIpc) is 3.02. The zero-order chi connectivity index (χ0) is 31.3. The van der Waals surface area contributed by atoms with E-state index in [2.05, 4.69) is 169 Å². The van der Waals surface area contributed by atoms with Gasteiger partial charge in [0.05, 0.1) is 0 Å². The molecule has 0 aliphatic heterocycles. The van der Waals surface area contributed by atoms with E-state index in [0.29, 0.717) is 18.1 Å². The molecule has 6 nitrogen and oxygen atoms in total. The molecule has 44 heavy (non-hydrogen) atoms. The molecule has 6 heteroatoms. The van der Waals surface area contributed by atoms with Crippen LogP contribution in [0.15, 0.2) is 103 Å². The number of allylic oxidation sites excluding steroid dienone is 2. The minimum absolute atomic E-state index is 0.376. The van der Waals surface area contributed by atoms with Gasteiger partial charge in [-0.25, -0.2) is 0 Å². The third kappa shape index (κ3) is 10.5. The number of nitrogens with zero attached hydrogens (tertiary/aromatic N) is 4. The van der Waals surface area contributed by atoms with Gasteiger partial charge in [-0.1, -0.05) is 42.5 Å². The average molecular weight is 595 g/mol. The summed E-state index contributed by atoms with van der Waals surface area (Å²) in [6.07, 6.45) is 9.71. The lowest BCUT2D eigenvalue weighted by Crippen LogP contribution is -2.41. The van der Waals surface area contributed by atoms with E-state index in [1.165, 1.54) is 17.1 Å². The summed E-state index contributed by atoms with van der Waals surface area (Å²) < 4.78 is 0. The molecule has 0 spiro atoms. The Labute approximate surface area is 267 Å². The Kier molecular flexibility index (Phi) is 12.8. The lowest BCUT2D eigenvalue weighted by atomic mass is 10.1. The molecule has 1 atom stereocenters. The van der Waals surface area contributed by atoms with Crippen molar-refractivity contribution >= 4 is 28.4 Å². The number of nitrogens with one attached hydrogen (secondary N) is 2. The summed E-state index contributed by atoms with van der Waals surface area (Å²) >= 11 is 0. The monoisotopic (exact) mass is 594 g/mol. The van der Waals surface area contributed by atoms with Crippen LogP contribution in [0.3, 0.4) is 0 Å². The smallest absolute Gasteiger partial charge is 0.0482 e. The van der Waals surface area contributed by atoms with Crippen LogP contribution in [0.1, 0.15) is 34.1 Å². The summed E-state index contributed by atoms with van der Waals surface area (Å²) in [6.45, 7) is 15.3. The van der Waals surface area contributed by atoms with Crippen molar-refractivity contribution in [3.05, 3.63) is 103 Å². The Bertz CT molecular complexity index is 1280. The van der Waals surface area contributed by atoms with Gasteiger partial charge in [0.25, 0.3) is 0 Å². The number of benzene rings is 3. The molecule has 0 bridgehead atoms. The number of rotatable bonds is 17. The third-order valence-corrected chi connectivity index (χ3v) is 8.35. The van der Waals surface area contributed by atoms with Gasteiger partial charge in [0.2, 0.25) is 0 Å². The van der Waals surface area contributed by atoms with Crippen LogP contribution in [0, 0.1) is 0 Å². The van der Waals surface area contributed by atoms with Gasteiger partial charge in [-0.15, -0.1) is 0 Å². The fourth-order valence-electron chi connectivity index (χ4n) is 5.57. The summed E-state index contributed by atoms with van der Waals surface area (Å²) in [6, 6.07) is 29.3. The molecule has 3 aromatic rings. The molecule has 1 aliphatic carbocycles. The van der Waals surface area contributed by atoms with Crippen molar-refractivity contribution in [2.24, 2.45) is 0 Å². The lowest BCUT2D eigenvalue weighted by molar-refractivity contribution is 0.260. The maximum atomic E-state index is 3.62.